The molecule has 0 bridgehead atoms. The number of rotatable bonds is 6. The molecule has 5 rings (SSSR count). The topological polar surface area (TPSA) is 95.9 Å². The third kappa shape index (κ3) is 3.93. The second-order valence-electron chi connectivity index (χ2n) is 9.66. The summed E-state index contributed by atoms with van der Waals surface area (Å²) < 4.78 is 5.64. The number of carbonyl (C=O) groups excluding carboxylic acids is 2. The van der Waals surface area contributed by atoms with Crippen molar-refractivity contribution in [3.8, 4) is 11.1 Å². The number of amides is 2. The molecule has 1 saturated heterocycles. The molecule has 2 fully saturated rings. The molecule has 2 amide bonds. The Labute approximate surface area is 199 Å². The monoisotopic (exact) mass is 462 g/mol. The largest absolute Gasteiger partial charge is 0.480 e. The molecule has 2 aliphatic carbocycles. The van der Waals surface area contributed by atoms with Crippen LogP contribution in [0.5, 0.6) is 0 Å². The molecule has 0 spiro atoms. The van der Waals surface area contributed by atoms with Gasteiger partial charge in [-0.05, 0) is 47.9 Å². The zero-order valence-electron chi connectivity index (χ0n) is 19.2. The van der Waals surface area contributed by atoms with Crippen molar-refractivity contribution >= 4 is 18.0 Å². The van der Waals surface area contributed by atoms with Gasteiger partial charge in [0.2, 0.25) is 5.91 Å². The molecule has 0 radical (unpaired) electrons. The summed E-state index contributed by atoms with van der Waals surface area (Å²) in [5, 5.41) is 12.3. The van der Waals surface area contributed by atoms with E-state index in [1.54, 1.807) is 0 Å². The van der Waals surface area contributed by atoms with Crippen molar-refractivity contribution in [1.29, 1.82) is 0 Å². The number of ether oxygens (including phenoxy) is 1. The van der Waals surface area contributed by atoms with Crippen LogP contribution in [0, 0.1) is 5.41 Å². The summed E-state index contributed by atoms with van der Waals surface area (Å²) in [6.45, 7) is 0.849. The van der Waals surface area contributed by atoms with E-state index >= 15 is 0 Å². The van der Waals surface area contributed by atoms with E-state index in [2.05, 4.69) is 29.6 Å². The van der Waals surface area contributed by atoms with Crippen LogP contribution in [-0.2, 0) is 14.3 Å². The van der Waals surface area contributed by atoms with Gasteiger partial charge in [0, 0.05) is 19.0 Å². The number of alkyl carbamates (subject to hydrolysis) is 1. The summed E-state index contributed by atoms with van der Waals surface area (Å²) in [4.78, 5) is 39.2. The quantitative estimate of drug-likeness (QED) is 0.672. The Balaban J connectivity index is 1.24. The number of fused-ring (bicyclic) bond motifs is 3. The number of carboxylic acid groups (broad SMARTS) is 1. The standard InChI is InChI=1S/C27H30N2O5/c30-24(31)23-12-7-15-29(23)25(32)27(13-5-6-14-27)17-28-26(33)34-16-22-20-10-3-1-8-18(20)19-9-2-4-11-21(19)22/h1-4,8-11,22-23H,5-7,12-17H2,(H,28,33)(H,30,31)/t23-/m0/s1. The summed E-state index contributed by atoms with van der Waals surface area (Å²) in [6, 6.07) is 15.6. The molecule has 178 valence electrons. The maximum absolute atomic E-state index is 13.4. The van der Waals surface area contributed by atoms with E-state index < -0.39 is 23.5 Å². The smallest absolute Gasteiger partial charge is 0.407 e. The van der Waals surface area contributed by atoms with Gasteiger partial charge in [0.15, 0.2) is 0 Å². The first-order valence-electron chi connectivity index (χ1n) is 12.1. The fourth-order valence-electron chi connectivity index (χ4n) is 5.98. The molecule has 0 aromatic heterocycles. The average molecular weight is 463 g/mol. The third-order valence-corrected chi connectivity index (χ3v) is 7.73. The summed E-state index contributed by atoms with van der Waals surface area (Å²) >= 11 is 0. The Hall–Kier alpha value is -3.35. The lowest BCUT2D eigenvalue weighted by molar-refractivity contribution is -0.153. The fourth-order valence-corrected chi connectivity index (χ4v) is 5.98. The molecule has 2 aromatic carbocycles. The van der Waals surface area contributed by atoms with E-state index in [-0.39, 0.29) is 25.0 Å². The number of carboxylic acids is 1. The Kier molecular flexibility index (Phi) is 6.02. The van der Waals surface area contributed by atoms with E-state index in [9.17, 15) is 19.5 Å². The van der Waals surface area contributed by atoms with Gasteiger partial charge in [-0.15, -0.1) is 0 Å². The maximum atomic E-state index is 13.4. The number of hydrogen-bond acceptors (Lipinski definition) is 4. The fraction of sp³-hybridized carbons (Fsp3) is 0.444. The first-order valence-corrected chi connectivity index (χ1v) is 12.1. The summed E-state index contributed by atoms with van der Waals surface area (Å²) in [6.07, 6.45) is 3.72. The Morgan fingerprint density at radius 1 is 0.971 bits per heavy atom. The molecule has 1 atom stereocenters. The SMILES string of the molecule is O=C(NCC1(C(=O)N2CCC[C@H]2C(=O)O)CCCC1)OCC1c2ccccc2-c2ccccc21. The molecule has 3 aliphatic rings. The first-order chi connectivity index (χ1) is 16.5. The number of aliphatic carboxylic acids is 1. The number of nitrogens with zero attached hydrogens (tertiary/aromatic N) is 1. The Morgan fingerprint density at radius 3 is 2.21 bits per heavy atom. The molecule has 7 heteroatoms. The zero-order chi connectivity index (χ0) is 23.7. The lowest BCUT2D eigenvalue weighted by Gasteiger charge is -2.34. The highest BCUT2D eigenvalue weighted by Gasteiger charge is 2.47. The summed E-state index contributed by atoms with van der Waals surface area (Å²) in [5.74, 6) is -1.13. The minimum absolute atomic E-state index is 0.0267. The van der Waals surface area contributed by atoms with Gasteiger partial charge in [0.25, 0.3) is 0 Å². The van der Waals surface area contributed by atoms with Gasteiger partial charge in [-0.2, -0.15) is 0 Å². The van der Waals surface area contributed by atoms with Crippen molar-refractivity contribution in [3.05, 3.63) is 59.7 Å². The minimum Gasteiger partial charge on any atom is -0.480 e. The van der Waals surface area contributed by atoms with Gasteiger partial charge in [-0.1, -0.05) is 61.4 Å². The molecule has 2 aromatic rings. The molecule has 1 saturated carbocycles. The molecule has 7 nitrogen and oxygen atoms in total. The first kappa shape index (κ1) is 22.4. The molecule has 1 aliphatic heterocycles. The van der Waals surface area contributed by atoms with Crippen molar-refractivity contribution in [2.75, 3.05) is 19.7 Å². The van der Waals surface area contributed by atoms with Gasteiger partial charge >= 0.3 is 12.1 Å². The van der Waals surface area contributed by atoms with Crippen molar-refractivity contribution in [1.82, 2.24) is 10.2 Å². The van der Waals surface area contributed by atoms with E-state index in [0.717, 1.165) is 24.0 Å². The van der Waals surface area contributed by atoms with E-state index in [0.29, 0.717) is 32.2 Å². The highest BCUT2D eigenvalue weighted by molar-refractivity contribution is 5.89. The Bertz CT molecular complexity index is 1060. The number of likely N-dealkylation sites (tertiary alicyclic amines) is 1. The molecule has 34 heavy (non-hydrogen) atoms. The average Bonchev–Trinajstić information content (AvgIpc) is 3.59. The van der Waals surface area contributed by atoms with Crippen LogP contribution in [0.3, 0.4) is 0 Å². The van der Waals surface area contributed by atoms with Crippen molar-refractivity contribution in [3.63, 3.8) is 0 Å². The summed E-state index contributed by atoms with van der Waals surface area (Å²) in [7, 11) is 0. The van der Waals surface area contributed by atoms with Crippen LogP contribution in [0.15, 0.2) is 48.5 Å². The van der Waals surface area contributed by atoms with Gasteiger partial charge in [0.1, 0.15) is 12.6 Å². The van der Waals surface area contributed by atoms with Gasteiger partial charge in [-0.25, -0.2) is 9.59 Å². The van der Waals surface area contributed by atoms with Crippen LogP contribution in [-0.4, -0.2) is 53.7 Å². The van der Waals surface area contributed by atoms with E-state index in [1.165, 1.54) is 16.0 Å². The third-order valence-electron chi connectivity index (χ3n) is 7.73. The number of carbonyl (C=O) groups is 3. The van der Waals surface area contributed by atoms with Crippen LogP contribution in [0.1, 0.15) is 55.6 Å². The van der Waals surface area contributed by atoms with Crippen LogP contribution >= 0.6 is 0 Å². The van der Waals surface area contributed by atoms with Gasteiger partial charge < -0.3 is 20.1 Å². The number of hydrogen-bond donors (Lipinski definition) is 2. The van der Waals surface area contributed by atoms with Gasteiger partial charge in [0.05, 0.1) is 5.41 Å². The number of benzene rings is 2. The maximum Gasteiger partial charge on any atom is 0.407 e. The minimum atomic E-state index is -0.955. The van der Waals surface area contributed by atoms with Gasteiger partial charge in [-0.3, -0.25) is 4.79 Å². The predicted octanol–water partition coefficient (Wildman–Crippen LogP) is 4.16. The lowest BCUT2D eigenvalue weighted by Crippen LogP contribution is -2.52. The van der Waals surface area contributed by atoms with E-state index in [4.69, 9.17) is 4.74 Å². The summed E-state index contributed by atoms with van der Waals surface area (Å²) in [5.41, 5.74) is 3.88. The highest BCUT2D eigenvalue weighted by Crippen LogP contribution is 2.44. The predicted molar refractivity (Wildman–Crippen MR) is 126 cm³/mol. The molecular formula is C27H30N2O5. The van der Waals surface area contributed by atoms with Crippen LogP contribution in [0.4, 0.5) is 4.79 Å². The second-order valence-corrected chi connectivity index (χ2v) is 9.66. The highest BCUT2D eigenvalue weighted by atomic mass is 16.5. The molecule has 0 unspecified atom stereocenters. The normalized spacial score (nSPS) is 20.6. The van der Waals surface area contributed by atoms with E-state index in [1.807, 2.05) is 24.3 Å². The van der Waals surface area contributed by atoms with Crippen molar-refractivity contribution in [2.24, 2.45) is 5.41 Å². The lowest BCUT2D eigenvalue weighted by atomic mass is 9.84. The number of nitrogens with one attached hydrogen (secondary N) is 1. The molecule has 1 heterocycles. The zero-order valence-corrected chi connectivity index (χ0v) is 19.2. The second kappa shape index (κ2) is 9.12. The van der Waals surface area contributed by atoms with Crippen molar-refractivity contribution in [2.45, 2.75) is 50.5 Å². The van der Waals surface area contributed by atoms with Crippen LogP contribution in [0.25, 0.3) is 11.1 Å². The van der Waals surface area contributed by atoms with Crippen molar-refractivity contribution < 1.29 is 24.2 Å². The van der Waals surface area contributed by atoms with Crippen LogP contribution in [0.2, 0.25) is 0 Å². The molecular weight excluding hydrogens is 432 g/mol. The van der Waals surface area contributed by atoms with Crippen LogP contribution < -0.4 is 5.32 Å². The Morgan fingerprint density at radius 2 is 1.59 bits per heavy atom. The molecule has 2 N–H and O–H groups in total.